The summed E-state index contributed by atoms with van der Waals surface area (Å²) in [6, 6.07) is 13.7. The monoisotopic (exact) mass is 846 g/mol. The second-order valence-corrected chi connectivity index (χ2v) is 12.6. The lowest BCUT2D eigenvalue weighted by Crippen LogP contribution is -2.31. The molecule has 0 atom stereocenters. The molecule has 0 spiro atoms. The molecule has 1 aliphatic heterocycles. The molecule has 1 saturated heterocycles. The summed E-state index contributed by atoms with van der Waals surface area (Å²) in [7, 11) is 2.21. The molecule has 314 valence electrons. The Morgan fingerprint density at radius 2 is 1.40 bits per heavy atom. The highest BCUT2D eigenvalue weighted by Gasteiger charge is 2.39. The van der Waals surface area contributed by atoms with Crippen LogP contribution in [-0.2, 0) is 34.0 Å². The largest absolute Gasteiger partial charge is 0.490 e. The van der Waals surface area contributed by atoms with Crippen LogP contribution < -0.4 is 10.3 Å². The second kappa shape index (κ2) is 21.4. The first-order valence-electron chi connectivity index (χ1n) is 16.5. The number of benzene rings is 1. The third kappa shape index (κ3) is 17.7. The van der Waals surface area contributed by atoms with Gasteiger partial charge in [0.2, 0.25) is 0 Å². The molecule has 3 N–H and O–H groups in total. The third-order valence-corrected chi connectivity index (χ3v) is 7.96. The van der Waals surface area contributed by atoms with Crippen molar-refractivity contribution >= 4 is 41.3 Å². The highest BCUT2D eigenvalue weighted by molar-refractivity contribution is 6.30. The van der Waals surface area contributed by atoms with Gasteiger partial charge in [-0.1, -0.05) is 29.8 Å². The number of carboxylic acids is 3. The van der Waals surface area contributed by atoms with E-state index in [-0.39, 0.29) is 12.2 Å². The zero-order valence-corrected chi connectivity index (χ0v) is 30.6. The smallest absolute Gasteiger partial charge is 0.487 e. The zero-order chi connectivity index (χ0) is 43.1. The SMILES string of the molecule is CN(CCN1CCCC1)Cc1ccc2c(c1)CCC(n1ccc(OCc3ccc(Cl)cn3)cc1=O)=C2.O=C(O)C(F)(F)F.O=C(O)C(F)(F)F.O=C(O)C(F)(F)F. The van der Waals surface area contributed by atoms with Gasteiger partial charge in [-0.05, 0) is 86.8 Å². The first-order chi connectivity index (χ1) is 26.4. The van der Waals surface area contributed by atoms with Gasteiger partial charge in [0.1, 0.15) is 12.4 Å². The molecule has 1 aromatic carbocycles. The molecule has 0 bridgehead atoms. The first kappa shape index (κ1) is 48.0. The maximum absolute atomic E-state index is 12.8. The molecule has 12 nitrogen and oxygen atoms in total. The lowest BCUT2D eigenvalue weighted by molar-refractivity contribution is -0.193. The van der Waals surface area contributed by atoms with Crippen LogP contribution in [0.4, 0.5) is 39.5 Å². The molecule has 22 heteroatoms. The molecule has 1 fully saturated rings. The molecule has 0 amide bonds. The van der Waals surface area contributed by atoms with Crippen molar-refractivity contribution in [2.24, 2.45) is 0 Å². The van der Waals surface area contributed by atoms with Crippen molar-refractivity contribution in [3.05, 3.63) is 92.6 Å². The van der Waals surface area contributed by atoms with Crippen LogP contribution in [-0.4, -0.2) is 104 Å². The number of aromatic nitrogens is 2. The summed E-state index contributed by atoms with van der Waals surface area (Å²) in [5.74, 6) is -7.74. The van der Waals surface area contributed by atoms with E-state index in [2.05, 4.69) is 46.1 Å². The van der Waals surface area contributed by atoms with Crippen LogP contribution in [0.3, 0.4) is 0 Å². The van der Waals surface area contributed by atoms with Gasteiger partial charge in [0.15, 0.2) is 0 Å². The maximum Gasteiger partial charge on any atom is 0.490 e. The summed E-state index contributed by atoms with van der Waals surface area (Å²) < 4.78 is 103. The number of aliphatic carboxylic acids is 3. The molecule has 0 unspecified atom stereocenters. The van der Waals surface area contributed by atoms with Crippen LogP contribution in [0.5, 0.6) is 5.75 Å². The number of carbonyl (C=O) groups is 3. The highest BCUT2D eigenvalue weighted by Crippen LogP contribution is 2.28. The highest BCUT2D eigenvalue weighted by atomic mass is 35.5. The minimum atomic E-state index is -5.08. The van der Waals surface area contributed by atoms with Gasteiger partial charge in [-0.15, -0.1) is 0 Å². The summed E-state index contributed by atoms with van der Waals surface area (Å²) in [6.07, 6.45) is -5.28. The third-order valence-electron chi connectivity index (χ3n) is 7.73. The predicted molar refractivity (Wildman–Crippen MR) is 186 cm³/mol. The molecule has 2 aromatic heterocycles. The van der Waals surface area contributed by atoms with Gasteiger partial charge in [0.05, 0.1) is 10.7 Å². The number of carboxylic acid groups (broad SMARTS) is 3. The number of rotatable bonds is 9. The van der Waals surface area contributed by atoms with Crippen LogP contribution in [0.15, 0.2) is 59.7 Å². The molecular weight excluding hydrogens is 811 g/mol. The predicted octanol–water partition coefficient (Wildman–Crippen LogP) is 6.85. The van der Waals surface area contributed by atoms with Gasteiger partial charge in [-0.2, -0.15) is 39.5 Å². The molecule has 2 aliphatic rings. The minimum absolute atomic E-state index is 0.0949. The Kier molecular flexibility index (Phi) is 18.0. The summed E-state index contributed by atoms with van der Waals surface area (Å²) in [6.45, 7) is 6.00. The number of halogens is 10. The van der Waals surface area contributed by atoms with Gasteiger partial charge < -0.3 is 29.9 Å². The molecule has 0 saturated carbocycles. The number of likely N-dealkylation sites (tertiary alicyclic amines) is 1. The van der Waals surface area contributed by atoms with E-state index < -0.39 is 36.4 Å². The van der Waals surface area contributed by atoms with Gasteiger partial charge in [0.25, 0.3) is 5.56 Å². The van der Waals surface area contributed by atoms with Crippen LogP contribution >= 0.6 is 11.6 Å². The fourth-order valence-electron chi connectivity index (χ4n) is 4.97. The van der Waals surface area contributed by atoms with Crippen molar-refractivity contribution in [3.63, 3.8) is 0 Å². The summed E-state index contributed by atoms with van der Waals surface area (Å²) in [4.78, 5) is 48.7. The van der Waals surface area contributed by atoms with Gasteiger partial charge >= 0.3 is 36.4 Å². The Hall–Kier alpha value is -5.15. The average molecular weight is 847 g/mol. The molecule has 1 aliphatic carbocycles. The lowest BCUT2D eigenvalue weighted by Gasteiger charge is -2.23. The standard InChI is InChI=1S/C29H33ClN4O2.3C2HF3O2/c1-32(14-15-33-11-2-3-12-33)20-22-4-5-24-17-27(9-6-23(24)16-22)34-13-10-28(18-29(34)35)36-21-26-8-7-25(30)19-31-26;3*3-2(4,5)1(6)7/h4-5,7-8,10,13,16-19H,2-3,6,9,11-12,14-15,20-21H2,1H3;3*(H,6,7). The summed E-state index contributed by atoms with van der Waals surface area (Å²) in [5.41, 5.74) is 5.57. The van der Waals surface area contributed by atoms with Crippen molar-refractivity contribution in [2.75, 3.05) is 33.2 Å². The molecular formula is C35H36ClF9N4O8. The number of ether oxygens (including phenoxy) is 1. The maximum atomic E-state index is 12.8. The van der Waals surface area contributed by atoms with Gasteiger partial charge in [-0.25, -0.2) is 14.4 Å². The first-order valence-corrected chi connectivity index (χ1v) is 16.8. The average Bonchev–Trinajstić information content (AvgIpc) is 3.64. The minimum Gasteiger partial charge on any atom is -0.487 e. The van der Waals surface area contributed by atoms with Crippen LogP contribution in [0.1, 0.15) is 41.6 Å². The van der Waals surface area contributed by atoms with E-state index >= 15 is 0 Å². The van der Waals surface area contributed by atoms with E-state index in [1.54, 1.807) is 23.0 Å². The number of allylic oxidation sites excluding steroid dienone is 1. The fourth-order valence-corrected chi connectivity index (χ4v) is 5.08. The summed E-state index contributed by atoms with van der Waals surface area (Å²) in [5, 5.41) is 22.0. The van der Waals surface area contributed by atoms with Crippen LogP contribution in [0, 0.1) is 0 Å². The second-order valence-electron chi connectivity index (χ2n) is 12.2. The van der Waals surface area contributed by atoms with Gasteiger partial charge in [-0.3, -0.25) is 14.3 Å². The number of nitrogens with zero attached hydrogens (tertiary/aromatic N) is 4. The van der Waals surface area contributed by atoms with E-state index in [1.807, 2.05) is 12.1 Å². The molecule has 5 rings (SSSR count). The van der Waals surface area contributed by atoms with Crippen LogP contribution in [0.25, 0.3) is 11.8 Å². The number of pyridine rings is 2. The van der Waals surface area contributed by atoms with Crippen LogP contribution in [0.2, 0.25) is 5.02 Å². The molecule has 3 heterocycles. The number of hydrogen-bond donors (Lipinski definition) is 3. The van der Waals surface area contributed by atoms with E-state index in [1.165, 1.54) is 48.7 Å². The van der Waals surface area contributed by atoms with E-state index in [0.29, 0.717) is 10.8 Å². The number of fused-ring (bicyclic) bond motifs is 1. The lowest BCUT2D eigenvalue weighted by atomic mass is 9.93. The quantitative estimate of drug-likeness (QED) is 0.193. The normalized spacial score (nSPS) is 14.1. The van der Waals surface area contributed by atoms with Crippen molar-refractivity contribution in [2.45, 2.75) is 57.4 Å². The molecule has 3 aromatic rings. The van der Waals surface area contributed by atoms with Crippen molar-refractivity contribution in [1.29, 1.82) is 0 Å². The molecule has 0 radical (unpaired) electrons. The van der Waals surface area contributed by atoms with Gasteiger partial charge in [0, 0.05) is 43.8 Å². The van der Waals surface area contributed by atoms with E-state index in [0.717, 1.165) is 43.9 Å². The number of hydrogen-bond acceptors (Lipinski definition) is 8. The summed E-state index contributed by atoms with van der Waals surface area (Å²) >= 11 is 5.88. The Morgan fingerprint density at radius 3 is 1.89 bits per heavy atom. The Labute approximate surface area is 323 Å². The van der Waals surface area contributed by atoms with Crippen molar-refractivity contribution in [3.8, 4) is 5.75 Å². The fraction of sp³-hybridized carbons (Fsp3) is 0.400. The van der Waals surface area contributed by atoms with Crippen molar-refractivity contribution in [1.82, 2.24) is 19.4 Å². The van der Waals surface area contributed by atoms with E-state index in [4.69, 9.17) is 46.0 Å². The molecule has 57 heavy (non-hydrogen) atoms. The zero-order valence-electron chi connectivity index (χ0n) is 29.8. The Bertz CT molecular complexity index is 1840. The van der Waals surface area contributed by atoms with Crippen molar-refractivity contribution < 1.29 is 74.0 Å². The number of alkyl halides is 9. The Morgan fingerprint density at radius 1 is 0.842 bits per heavy atom. The topological polar surface area (TPSA) is 162 Å². The Balaban J connectivity index is 0.000000438. The number of likely N-dealkylation sites (N-methyl/N-ethyl adjacent to an activating group) is 1. The van der Waals surface area contributed by atoms with E-state index in [9.17, 15) is 44.3 Å². The number of aryl methyl sites for hydroxylation is 1.